The average molecular weight is 251 g/mol. The Hall–Kier alpha value is -1.14. The molecule has 0 amide bonds. The summed E-state index contributed by atoms with van der Waals surface area (Å²) in [6.07, 6.45) is -5.22. The van der Waals surface area contributed by atoms with Crippen molar-refractivity contribution in [3.05, 3.63) is 35.1 Å². The fraction of sp³-hybridized carbons (Fsp3) is 0.455. The molecule has 2 N–H and O–H groups in total. The summed E-state index contributed by atoms with van der Waals surface area (Å²) in [5.41, 5.74) is 6.54. The van der Waals surface area contributed by atoms with Crippen LogP contribution in [0.3, 0.4) is 0 Å². The van der Waals surface area contributed by atoms with E-state index in [9.17, 15) is 17.6 Å². The van der Waals surface area contributed by atoms with Gasteiger partial charge < -0.3 is 10.5 Å². The van der Waals surface area contributed by atoms with E-state index in [1.165, 1.54) is 18.2 Å². The Balaban J connectivity index is 2.46. The van der Waals surface area contributed by atoms with Crippen LogP contribution >= 0.6 is 0 Å². The smallest absolute Gasteiger partial charge is 0.376 e. The molecule has 0 aromatic heterocycles. The summed E-state index contributed by atoms with van der Waals surface area (Å²) in [4.78, 5) is 0. The van der Waals surface area contributed by atoms with Crippen molar-refractivity contribution >= 4 is 0 Å². The van der Waals surface area contributed by atoms with Gasteiger partial charge in [0.2, 0.25) is 0 Å². The molecule has 0 heterocycles. The summed E-state index contributed by atoms with van der Waals surface area (Å²) >= 11 is 0. The van der Waals surface area contributed by atoms with Crippen LogP contribution in [0.1, 0.15) is 17.5 Å². The highest BCUT2D eigenvalue weighted by Crippen LogP contribution is 2.19. The van der Waals surface area contributed by atoms with E-state index in [0.717, 1.165) is 0 Å². The molecule has 0 spiro atoms. The summed E-state index contributed by atoms with van der Waals surface area (Å²) in [6, 6.07) is 3.94. The van der Waals surface area contributed by atoms with Gasteiger partial charge in [0.1, 0.15) is 5.82 Å². The predicted molar refractivity (Wildman–Crippen MR) is 54.6 cm³/mol. The Kier molecular flexibility index (Phi) is 4.89. The Morgan fingerprint density at radius 1 is 1.18 bits per heavy atom. The summed E-state index contributed by atoms with van der Waals surface area (Å²) in [7, 11) is 0. The van der Waals surface area contributed by atoms with Crippen LogP contribution in [0.4, 0.5) is 17.6 Å². The van der Waals surface area contributed by atoms with Crippen molar-refractivity contribution in [1.29, 1.82) is 0 Å². The molecule has 0 bridgehead atoms. The molecule has 0 aliphatic rings. The minimum absolute atomic E-state index is 0.00287. The molecule has 0 atom stereocenters. The molecular weight excluding hydrogens is 238 g/mol. The van der Waals surface area contributed by atoms with E-state index in [2.05, 4.69) is 0 Å². The van der Waals surface area contributed by atoms with Crippen LogP contribution in [-0.2, 0) is 17.9 Å². The van der Waals surface area contributed by atoms with Gasteiger partial charge in [0.05, 0.1) is 19.6 Å². The number of ether oxygens (including phenoxy) is 1. The summed E-state index contributed by atoms with van der Waals surface area (Å²) < 4.78 is 53.2. The SMILES string of the molecule is NCc1cc(F)ccc1COCCC(F)(F)F. The molecule has 6 heteroatoms. The van der Waals surface area contributed by atoms with E-state index in [-0.39, 0.29) is 13.2 Å². The Morgan fingerprint density at radius 2 is 1.88 bits per heavy atom. The molecule has 1 rings (SSSR count). The van der Waals surface area contributed by atoms with Crippen LogP contribution in [-0.4, -0.2) is 12.8 Å². The first-order valence-electron chi connectivity index (χ1n) is 5.04. The van der Waals surface area contributed by atoms with Crippen LogP contribution in [0.2, 0.25) is 0 Å². The van der Waals surface area contributed by atoms with E-state index < -0.39 is 25.0 Å². The van der Waals surface area contributed by atoms with Gasteiger partial charge in [0.15, 0.2) is 0 Å². The van der Waals surface area contributed by atoms with Gasteiger partial charge >= 0.3 is 6.18 Å². The predicted octanol–water partition coefficient (Wildman–Crippen LogP) is 2.75. The lowest BCUT2D eigenvalue weighted by Crippen LogP contribution is -2.12. The van der Waals surface area contributed by atoms with E-state index in [1.807, 2.05) is 0 Å². The molecule has 0 radical (unpaired) electrons. The second-order valence-electron chi connectivity index (χ2n) is 3.53. The van der Waals surface area contributed by atoms with Gasteiger partial charge in [-0.3, -0.25) is 0 Å². The maximum atomic E-state index is 12.8. The highest BCUT2D eigenvalue weighted by Gasteiger charge is 2.26. The third kappa shape index (κ3) is 5.14. The molecule has 0 saturated heterocycles. The largest absolute Gasteiger partial charge is 0.391 e. The molecule has 0 unspecified atom stereocenters. The van der Waals surface area contributed by atoms with Crippen LogP contribution in [0.5, 0.6) is 0 Å². The van der Waals surface area contributed by atoms with Crippen LogP contribution < -0.4 is 5.73 Å². The number of halogens is 4. The third-order valence-electron chi connectivity index (χ3n) is 2.18. The highest BCUT2D eigenvalue weighted by atomic mass is 19.4. The van der Waals surface area contributed by atoms with Gasteiger partial charge in [0.25, 0.3) is 0 Å². The molecule has 0 fully saturated rings. The number of rotatable bonds is 5. The van der Waals surface area contributed by atoms with E-state index >= 15 is 0 Å². The molecule has 1 aromatic carbocycles. The molecule has 0 saturated carbocycles. The fourth-order valence-electron chi connectivity index (χ4n) is 1.30. The zero-order valence-electron chi connectivity index (χ0n) is 9.06. The molecule has 17 heavy (non-hydrogen) atoms. The zero-order chi connectivity index (χ0) is 12.9. The number of nitrogens with two attached hydrogens (primary N) is 1. The van der Waals surface area contributed by atoms with Crippen molar-refractivity contribution in [2.45, 2.75) is 25.7 Å². The minimum atomic E-state index is -4.22. The number of alkyl halides is 3. The van der Waals surface area contributed by atoms with Crippen molar-refractivity contribution in [2.75, 3.05) is 6.61 Å². The molecule has 2 nitrogen and oxygen atoms in total. The van der Waals surface area contributed by atoms with E-state index in [0.29, 0.717) is 11.1 Å². The molecule has 0 aliphatic carbocycles. The monoisotopic (exact) mass is 251 g/mol. The fourth-order valence-corrected chi connectivity index (χ4v) is 1.30. The summed E-state index contributed by atoms with van der Waals surface area (Å²) in [5.74, 6) is -0.426. The standard InChI is InChI=1S/C11H13F4NO/c12-10-2-1-8(9(5-10)6-16)7-17-4-3-11(13,14)15/h1-2,5H,3-4,6-7,16H2. The molecule has 96 valence electrons. The van der Waals surface area contributed by atoms with Crippen molar-refractivity contribution in [3.8, 4) is 0 Å². The van der Waals surface area contributed by atoms with Crippen LogP contribution in [0.15, 0.2) is 18.2 Å². The number of hydrogen-bond acceptors (Lipinski definition) is 2. The van der Waals surface area contributed by atoms with Gasteiger partial charge in [-0.05, 0) is 23.3 Å². The molecule has 1 aromatic rings. The normalized spacial score (nSPS) is 11.8. The topological polar surface area (TPSA) is 35.2 Å². The Labute approximate surface area is 96.4 Å². The van der Waals surface area contributed by atoms with Crippen molar-refractivity contribution in [1.82, 2.24) is 0 Å². The summed E-state index contributed by atoms with van der Waals surface area (Å²) in [5, 5.41) is 0. The van der Waals surface area contributed by atoms with Gasteiger partial charge in [-0.15, -0.1) is 0 Å². The Bertz CT molecular complexity index is 365. The number of benzene rings is 1. The molecule has 0 aliphatic heterocycles. The maximum Gasteiger partial charge on any atom is 0.391 e. The van der Waals surface area contributed by atoms with E-state index in [4.69, 9.17) is 10.5 Å². The van der Waals surface area contributed by atoms with Gasteiger partial charge in [-0.2, -0.15) is 13.2 Å². The number of hydrogen-bond donors (Lipinski definition) is 1. The zero-order valence-corrected chi connectivity index (χ0v) is 9.06. The van der Waals surface area contributed by atoms with Crippen LogP contribution in [0, 0.1) is 5.82 Å². The van der Waals surface area contributed by atoms with Crippen molar-refractivity contribution in [2.24, 2.45) is 5.73 Å². The second-order valence-corrected chi connectivity index (χ2v) is 3.53. The van der Waals surface area contributed by atoms with Crippen molar-refractivity contribution < 1.29 is 22.3 Å². The first-order chi connectivity index (χ1) is 7.92. The minimum Gasteiger partial charge on any atom is -0.376 e. The lowest BCUT2D eigenvalue weighted by Gasteiger charge is -2.10. The lowest BCUT2D eigenvalue weighted by molar-refractivity contribution is -0.146. The quantitative estimate of drug-likeness (QED) is 0.645. The van der Waals surface area contributed by atoms with Gasteiger partial charge in [-0.25, -0.2) is 4.39 Å². The maximum absolute atomic E-state index is 12.8. The summed E-state index contributed by atoms with van der Waals surface area (Å²) in [6.45, 7) is -0.288. The first kappa shape index (κ1) is 13.9. The highest BCUT2D eigenvalue weighted by molar-refractivity contribution is 5.27. The first-order valence-corrected chi connectivity index (χ1v) is 5.04. The Morgan fingerprint density at radius 3 is 2.47 bits per heavy atom. The van der Waals surface area contributed by atoms with Crippen LogP contribution in [0.25, 0.3) is 0 Å². The average Bonchev–Trinajstić information content (AvgIpc) is 2.24. The van der Waals surface area contributed by atoms with E-state index in [1.54, 1.807) is 0 Å². The van der Waals surface area contributed by atoms with Gasteiger partial charge in [0, 0.05) is 6.54 Å². The van der Waals surface area contributed by atoms with Crippen molar-refractivity contribution in [3.63, 3.8) is 0 Å². The molecular formula is C11H13F4NO. The lowest BCUT2D eigenvalue weighted by atomic mass is 10.1. The third-order valence-corrected chi connectivity index (χ3v) is 2.18. The second kappa shape index (κ2) is 5.97. The van der Waals surface area contributed by atoms with Gasteiger partial charge in [-0.1, -0.05) is 6.07 Å².